The van der Waals surface area contributed by atoms with E-state index >= 15 is 0 Å². The van der Waals surface area contributed by atoms with E-state index in [4.69, 9.17) is 0 Å². The van der Waals surface area contributed by atoms with Crippen molar-refractivity contribution in [3.63, 3.8) is 0 Å². The van der Waals surface area contributed by atoms with Gasteiger partial charge in [-0.3, -0.25) is 9.79 Å². The van der Waals surface area contributed by atoms with E-state index in [-0.39, 0.29) is 0 Å². The summed E-state index contributed by atoms with van der Waals surface area (Å²) in [4.78, 5) is 14.7. The Morgan fingerprint density at radius 2 is 1.93 bits per heavy atom. The maximum Gasteiger partial charge on any atom is 0.249 e. The van der Waals surface area contributed by atoms with Gasteiger partial charge in [-0.15, -0.1) is 0 Å². The quantitative estimate of drug-likeness (QED) is 0.332. The monoisotopic (exact) mass is 214 g/mol. The van der Waals surface area contributed by atoms with Crippen molar-refractivity contribution in [2.24, 2.45) is 4.99 Å². The number of amidine groups is 1. The number of amides is 1. The molecule has 0 aromatic heterocycles. The van der Waals surface area contributed by atoms with Crippen LogP contribution in [0.3, 0.4) is 0 Å². The standard InChI is InChI=1S/C10H12F2N2O/c1-4-8(11)9(12)5-6-10(15)14-7(2)13-3/h4-6H,1H2,2-3H3,(H,13,14,15)/b6-5+,9-8-. The maximum atomic E-state index is 12.7. The van der Waals surface area contributed by atoms with Gasteiger partial charge in [0.2, 0.25) is 5.91 Å². The lowest BCUT2D eigenvalue weighted by Crippen LogP contribution is -2.26. The normalized spacial score (nSPS) is 13.7. The van der Waals surface area contributed by atoms with E-state index in [9.17, 15) is 13.6 Å². The molecule has 0 atom stereocenters. The highest BCUT2D eigenvalue weighted by molar-refractivity contribution is 6.02. The van der Waals surface area contributed by atoms with E-state index < -0.39 is 17.6 Å². The molecule has 0 rings (SSSR count). The van der Waals surface area contributed by atoms with Crippen LogP contribution in [0.15, 0.2) is 41.5 Å². The number of nitrogens with zero attached hydrogens (tertiary/aromatic N) is 1. The van der Waals surface area contributed by atoms with E-state index in [0.717, 1.165) is 18.2 Å². The Morgan fingerprint density at radius 3 is 2.40 bits per heavy atom. The van der Waals surface area contributed by atoms with E-state index in [2.05, 4.69) is 16.9 Å². The fourth-order valence-corrected chi connectivity index (χ4v) is 0.602. The molecule has 0 saturated carbocycles. The number of halogens is 2. The van der Waals surface area contributed by atoms with Crippen LogP contribution in [0.4, 0.5) is 8.78 Å². The van der Waals surface area contributed by atoms with Crippen molar-refractivity contribution >= 4 is 11.7 Å². The van der Waals surface area contributed by atoms with Crippen LogP contribution in [0.5, 0.6) is 0 Å². The number of hydrogen-bond donors (Lipinski definition) is 1. The predicted octanol–water partition coefficient (Wildman–Crippen LogP) is 2.04. The summed E-state index contributed by atoms with van der Waals surface area (Å²) in [6, 6.07) is 0. The molecule has 15 heavy (non-hydrogen) atoms. The summed E-state index contributed by atoms with van der Waals surface area (Å²) in [6.07, 6.45) is 2.30. The number of carbonyl (C=O) groups excluding carboxylic acids is 1. The summed E-state index contributed by atoms with van der Waals surface area (Å²) in [6.45, 7) is 4.62. The molecule has 0 radical (unpaired) electrons. The molecule has 3 nitrogen and oxygen atoms in total. The van der Waals surface area contributed by atoms with Crippen LogP contribution >= 0.6 is 0 Å². The van der Waals surface area contributed by atoms with Crippen molar-refractivity contribution in [3.8, 4) is 0 Å². The van der Waals surface area contributed by atoms with Gasteiger partial charge in [-0.25, -0.2) is 8.78 Å². The Balaban J connectivity index is 4.43. The summed E-state index contributed by atoms with van der Waals surface area (Å²) in [5, 5.41) is 2.33. The minimum Gasteiger partial charge on any atom is -0.311 e. The van der Waals surface area contributed by atoms with Gasteiger partial charge in [-0.05, 0) is 19.1 Å². The van der Waals surface area contributed by atoms with Crippen molar-refractivity contribution in [1.82, 2.24) is 5.32 Å². The van der Waals surface area contributed by atoms with Gasteiger partial charge in [-0.2, -0.15) is 0 Å². The number of carbonyl (C=O) groups is 1. The SMILES string of the molecule is C=C/C(F)=C(F)\C=C\C(=O)NC(C)=NC. The number of nitrogens with one attached hydrogen (secondary N) is 1. The molecule has 0 heterocycles. The first kappa shape index (κ1) is 13.2. The summed E-state index contributed by atoms with van der Waals surface area (Å²) in [5.74, 6) is -2.45. The van der Waals surface area contributed by atoms with Crippen molar-refractivity contribution in [3.05, 3.63) is 36.5 Å². The fourth-order valence-electron chi connectivity index (χ4n) is 0.602. The molecule has 1 amide bonds. The van der Waals surface area contributed by atoms with Crippen LogP contribution in [0.1, 0.15) is 6.92 Å². The van der Waals surface area contributed by atoms with Gasteiger partial charge in [0.25, 0.3) is 0 Å². The second-order valence-corrected chi connectivity index (χ2v) is 2.53. The lowest BCUT2D eigenvalue weighted by Gasteiger charge is -1.97. The molecular formula is C10H12F2N2O. The molecule has 0 aliphatic carbocycles. The Hall–Kier alpha value is -1.78. The average Bonchev–Trinajstić information content (AvgIpc) is 2.24. The third kappa shape index (κ3) is 5.51. The first-order chi connectivity index (χ1) is 7.01. The van der Waals surface area contributed by atoms with Crippen molar-refractivity contribution in [2.75, 3.05) is 7.05 Å². The lowest BCUT2D eigenvalue weighted by molar-refractivity contribution is -0.115. The topological polar surface area (TPSA) is 41.5 Å². The molecule has 0 saturated heterocycles. The summed E-state index contributed by atoms with van der Waals surface area (Å²) in [5.41, 5.74) is 0. The van der Waals surface area contributed by atoms with E-state index in [1.54, 1.807) is 6.92 Å². The number of hydrogen-bond acceptors (Lipinski definition) is 2. The van der Waals surface area contributed by atoms with Gasteiger partial charge in [0.1, 0.15) is 0 Å². The summed E-state index contributed by atoms with van der Waals surface area (Å²) in [7, 11) is 1.50. The molecule has 0 fully saturated rings. The fraction of sp³-hybridized carbons (Fsp3) is 0.200. The Morgan fingerprint density at radius 1 is 1.33 bits per heavy atom. The van der Waals surface area contributed by atoms with Gasteiger partial charge >= 0.3 is 0 Å². The van der Waals surface area contributed by atoms with Gasteiger partial charge in [0, 0.05) is 13.1 Å². The zero-order chi connectivity index (χ0) is 11.8. The minimum absolute atomic E-state index is 0.387. The highest BCUT2D eigenvalue weighted by Gasteiger charge is 2.00. The second-order valence-electron chi connectivity index (χ2n) is 2.53. The number of aliphatic imine (C=N–C) groups is 1. The van der Waals surface area contributed by atoms with Gasteiger partial charge < -0.3 is 5.32 Å². The summed E-state index contributed by atoms with van der Waals surface area (Å²) >= 11 is 0. The molecular weight excluding hydrogens is 202 g/mol. The Kier molecular flexibility index (Phi) is 5.85. The second kappa shape index (κ2) is 6.64. The molecule has 0 aliphatic rings. The van der Waals surface area contributed by atoms with Crippen LogP contribution in [-0.2, 0) is 4.79 Å². The minimum atomic E-state index is -1.15. The van der Waals surface area contributed by atoms with Gasteiger partial charge in [0.15, 0.2) is 11.7 Å². The Bertz CT molecular complexity index is 343. The number of rotatable bonds is 3. The van der Waals surface area contributed by atoms with Crippen LogP contribution < -0.4 is 5.32 Å². The van der Waals surface area contributed by atoms with Gasteiger partial charge in [-0.1, -0.05) is 6.58 Å². The zero-order valence-electron chi connectivity index (χ0n) is 8.55. The molecule has 0 aliphatic heterocycles. The van der Waals surface area contributed by atoms with E-state index in [0.29, 0.717) is 5.84 Å². The van der Waals surface area contributed by atoms with E-state index in [1.807, 2.05) is 0 Å². The first-order valence-corrected chi connectivity index (χ1v) is 4.11. The predicted molar refractivity (Wildman–Crippen MR) is 55.8 cm³/mol. The van der Waals surface area contributed by atoms with E-state index in [1.165, 1.54) is 7.05 Å². The van der Waals surface area contributed by atoms with Crippen molar-refractivity contribution < 1.29 is 13.6 Å². The summed E-state index contributed by atoms with van der Waals surface area (Å²) < 4.78 is 25.2. The third-order valence-corrected chi connectivity index (χ3v) is 1.43. The first-order valence-electron chi connectivity index (χ1n) is 4.11. The zero-order valence-corrected chi connectivity index (χ0v) is 8.55. The Labute approximate surface area is 86.9 Å². The highest BCUT2D eigenvalue weighted by atomic mass is 19.2. The molecule has 82 valence electrons. The molecule has 0 spiro atoms. The number of allylic oxidation sites excluding steroid dienone is 4. The molecule has 0 aromatic rings. The molecule has 0 unspecified atom stereocenters. The van der Waals surface area contributed by atoms with Crippen molar-refractivity contribution in [1.29, 1.82) is 0 Å². The smallest absolute Gasteiger partial charge is 0.249 e. The van der Waals surface area contributed by atoms with Crippen LogP contribution in [0.2, 0.25) is 0 Å². The third-order valence-electron chi connectivity index (χ3n) is 1.43. The maximum absolute atomic E-state index is 12.7. The molecule has 0 bridgehead atoms. The largest absolute Gasteiger partial charge is 0.311 e. The van der Waals surface area contributed by atoms with Crippen molar-refractivity contribution in [2.45, 2.75) is 6.92 Å². The van der Waals surface area contributed by atoms with Crippen LogP contribution in [0, 0.1) is 0 Å². The molecule has 0 aromatic carbocycles. The lowest BCUT2D eigenvalue weighted by atomic mass is 10.3. The average molecular weight is 214 g/mol. The highest BCUT2D eigenvalue weighted by Crippen LogP contribution is 2.09. The molecule has 5 heteroatoms. The molecule has 1 N–H and O–H groups in total. The van der Waals surface area contributed by atoms with Gasteiger partial charge in [0.05, 0.1) is 5.84 Å². The van der Waals surface area contributed by atoms with Crippen LogP contribution in [-0.4, -0.2) is 18.8 Å². The van der Waals surface area contributed by atoms with Crippen LogP contribution in [0.25, 0.3) is 0 Å².